The van der Waals surface area contributed by atoms with E-state index in [4.69, 9.17) is 0 Å². The normalized spacial score (nSPS) is 10.1. The second-order valence-corrected chi connectivity index (χ2v) is 5.48. The van der Waals surface area contributed by atoms with Gasteiger partial charge in [-0.15, -0.1) is 0 Å². The average molecular weight is 364 g/mol. The molecule has 0 heterocycles. The lowest BCUT2D eigenvalue weighted by atomic mass is 10.2. The molecule has 0 atom stereocenters. The SMILES string of the molecule is CN(CC(=O)Nc1ccccc1Br)c1ccccc1[N+](=O)[O-]. The van der Waals surface area contributed by atoms with Gasteiger partial charge in [-0.05, 0) is 34.1 Å². The fraction of sp³-hybridized carbons (Fsp3) is 0.133. The van der Waals surface area contributed by atoms with E-state index in [1.54, 1.807) is 36.2 Å². The van der Waals surface area contributed by atoms with Gasteiger partial charge < -0.3 is 10.2 Å². The van der Waals surface area contributed by atoms with Crippen molar-refractivity contribution in [1.29, 1.82) is 0 Å². The summed E-state index contributed by atoms with van der Waals surface area (Å²) in [5.41, 5.74) is 1.02. The molecule has 0 radical (unpaired) electrons. The monoisotopic (exact) mass is 363 g/mol. The Bertz CT molecular complexity index is 706. The summed E-state index contributed by atoms with van der Waals surface area (Å²) in [6.45, 7) is 0.00614. The average Bonchev–Trinajstić information content (AvgIpc) is 2.49. The Morgan fingerprint density at radius 1 is 1.23 bits per heavy atom. The van der Waals surface area contributed by atoms with Gasteiger partial charge in [-0.25, -0.2) is 0 Å². The van der Waals surface area contributed by atoms with Crippen molar-refractivity contribution < 1.29 is 9.72 Å². The Hall–Kier alpha value is -2.41. The summed E-state index contributed by atoms with van der Waals surface area (Å²) in [4.78, 5) is 24.2. The highest BCUT2D eigenvalue weighted by Crippen LogP contribution is 2.26. The number of nitrogens with zero attached hydrogens (tertiary/aromatic N) is 2. The Kier molecular flexibility index (Phi) is 5.11. The van der Waals surface area contributed by atoms with Crippen molar-refractivity contribution in [2.75, 3.05) is 23.8 Å². The molecule has 0 fully saturated rings. The van der Waals surface area contributed by atoms with Crippen LogP contribution in [-0.2, 0) is 4.79 Å². The number of nitrogens with one attached hydrogen (secondary N) is 1. The minimum atomic E-state index is -0.461. The molecule has 2 aromatic rings. The first kappa shape index (κ1) is 16.0. The van der Waals surface area contributed by atoms with Crippen molar-refractivity contribution in [2.24, 2.45) is 0 Å². The van der Waals surface area contributed by atoms with Gasteiger partial charge in [0, 0.05) is 17.6 Å². The lowest BCUT2D eigenvalue weighted by molar-refractivity contribution is -0.384. The molecule has 0 bridgehead atoms. The van der Waals surface area contributed by atoms with Crippen molar-refractivity contribution in [3.63, 3.8) is 0 Å². The lowest BCUT2D eigenvalue weighted by Crippen LogP contribution is -2.30. The summed E-state index contributed by atoms with van der Waals surface area (Å²) in [7, 11) is 1.64. The predicted molar refractivity (Wildman–Crippen MR) is 89.1 cm³/mol. The third kappa shape index (κ3) is 3.82. The number of carbonyl (C=O) groups is 1. The van der Waals surface area contributed by atoms with Crippen LogP contribution in [0.5, 0.6) is 0 Å². The highest BCUT2D eigenvalue weighted by Gasteiger charge is 2.18. The molecule has 0 aromatic heterocycles. The van der Waals surface area contributed by atoms with E-state index in [0.717, 1.165) is 4.47 Å². The quantitative estimate of drug-likeness (QED) is 0.652. The molecule has 0 spiro atoms. The van der Waals surface area contributed by atoms with Crippen molar-refractivity contribution >= 4 is 38.9 Å². The fourth-order valence-corrected chi connectivity index (χ4v) is 2.38. The van der Waals surface area contributed by atoms with Crippen molar-refractivity contribution in [2.45, 2.75) is 0 Å². The van der Waals surface area contributed by atoms with Crippen molar-refractivity contribution in [1.82, 2.24) is 0 Å². The number of halogens is 1. The molecule has 2 aromatic carbocycles. The van der Waals surface area contributed by atoms with Gasteiger partial charge in [-0.1, -0.05) is 24.3 Å². The Morgan fingerprint density at radius 3 is 2.55 bits per heavy atom. The Morgan fingerprint density at radius 2 is 1.86 bits per heavy atom. The van der Waals surface area contributed by atoms with Crippen LogP contribution >= 0.6 is 15.9 Å². The minimum Gasteiger partial charge on any atom is -0.360 e. The fourth-order valence-electron chi connectivity index (χ4n) is 1.99. The van der Waals surface area contributed by atoms with Gasteiger partial charge in [0.05, 0.1) is 17.2 Å². The van der Waals surface area contributed by atoms with E-state index in [1.165, 1.54) is 6.07 Å². The zero-order valence-corrected chi connectivity index (χ0v) is 13.4. The number of para-hydroxylation sites is 3. The number of hydrogen-bond acceptors (Lipinski definition) is 4. The molecular formula is C15H14BrN3O3. The third-order valence-corrected chi connectivity index (χ3v) is 3.71. The highest BCUT2D eigenvalue weighted by molar-refractivity contribution is 9.10. The standard InChI is InChI=1S/C15H14BrN3O3/c1-18(13-8-4-5-9-14(13)19(21)22)10-15(20)17-12-7-3-2-6-11(12)16/h2-9H,10H2,1H3,(H,17,20). The molecule has 0 saturated heterocycles. The number of nitro groups is 1. The molecule has 2 rings (SSSR count). The van der Waals surface area contributed by atoms with E-state index in [1.807, 2.05) is 18.2 Å². The summed E-state index contributed by atoms with van der Waals surface area (Å²) >= 11 is 3.35. The summed E-state index contributed by atoms with van der Waals surface area (Å²) < 4.78 is 0.775. The highest BCUT2D eigenvalue weighted by atomic mass is 79.9. The van der Waals surface area contributed by atoms with Crippen molar-refractivity contribution in [3.8, 4) is 0 Å². The maximum atomic E-state index is 12.1. The van der Waals surface area contributed by atoms with Crippen molar-refractivity contribution in [3.05, 3.63) is 63.1 Å². The van der Waals surface area contributed by atoms with Gasteiger partial charge >= 0.3 is 0 Å². The largest absolute Gasteiger partial charge is 0.360 e. The predicted octanol–water partition coefficient (Wildman–Crippen LogP) is 3.43. The Balaban J connectivity index is 2.09. The number of likely N-dealkylation sites (N-methyl/N-ethyl adjacent to an activating group) is 1. The van der Waals surface area contributed by atoms with Crippen LogP contribution in [-0.4, -0.2) is 24.4 Å². The first-order valence-corrected chi connectivity index (χ1v) is 7.27. The molecular weight excluding hydrogens is 350 g/mol. The molecule has 0 aliphatic carbocycles. The molecule has 114 valence electrons. The second kappa shape index (κ2) is 7.04. The maximum Gasteiger partial charge on any atom is 0.292 e. The summed E-state index contributed by atoms with van der Waals surface area (Å²) in [5.74, 6) is -0.257. The van der Waals surface area contributed by atoms with Crippen LogP contribution in [0, 0.1) is 10.1 Å². The van der Waals surface area contributed by atoms with E-state index >= 15 is 0 Å². The first-order valence-electron chi connectivity index (χ1n) is 6.48. The van der Waals surface area contributed by atoms with Crippen LogP contribution in [0.15, 0.2) is 53.0 Å². The van der Waals surface area contributed by atoms with Gasteiger partial charge in [-0.2, -0.15) is 0 Å². The van der Waals surface area contributed by atoms with Crippen LogP contribution in [0.4, 0.5) is 17.1 Å². The van der Waals surface area contributed by atoms with Crippen LogP contribution < -0.4 is 10.2 Å². The molecule has 0 aliphatic rings. The molecule has 0 aliphatic heterocycles. The number of benzene rings is 2. The molecule has 1 N–H and O–H groups in total. The molecule has 22 heavy (non-hydrogen) atoms. The number of carbonyl (C=O) groups excluding carboxylic acids is 1. The zero-order valence-electron chi connectivity index (χ0n) is 11.8. The molecule has 0 saturated carbocycles. The number of anilines is 2. The number of amides is 1. The second-order valence-electron chi connectivity index (χ2n) is 4.63. The maximum absolute atomic E-state index is 12.1. The van der Waals surface area contributed by atoms with E-state index in [0.29, 0.717) is 11.4 Å². The van der Waals surface area contributed by atoms with Gasteiger partial charge in [0.25, 0.3) is 5.69 Å². The third-order valence-electron chi connectivity index (χ3n) is 3.02. The van der Waals surface area contributed by atoms with E-state index in [-0.39, 0.29) is 18.1 Å². The zero-order chi connectivity index (χ0) is 16.1. The molecule has 6 nitrogen and oxygen atoms in total. The van der Waals surface area contributed by atoms with Gasteiger partial charge in [0.15, 0.2) is 0 Å². The smallest absolute Gasteiger partial charge is 0.292 e. The lowest BCUT2D eigenvalue weighted by Gasteiger charge is -2.18. The molecule has 1 amide bonds. The summed E-state index contributed by atoms with van der Waals surface area (Å²) in [5, 5.41) is 13.8. The summed E-state index contributed by atoms with van der Waals surface area (Å²) in [6.07, 6.45) is 0. The van der Waals surface area contributed by atoms with Crippen LogP contribution in [0.3, 0.4) is 0 Å². The molecule has 0 unspecified atom stereocenters. The number of nitro benzene ring substituents is 1. The van der Waals surface area contributed by atoms with Gasteiger partial charge in [0.1, 0.15) is 5.69 Å². The topological polar surface area (TPSA) is 75.5 Å². The molecule has 7 heteroatoms. The van der Waals surface area contributed by atoms with Gasteiger partial charge in [0.2, 0.25) is 5.91 Å². The number of rotatable bonds is 5. The van der Waals surface area contributed by atoms with Crippen LogP contribution in [0.2, 0.25) is 0 Å². The van der Waals surface area contributed by atoms with E-state index in [9.17, 15) is 14.9 Å². The number of hydrogen-bond donors (Lipinski definition) is 1. The van der Waals surface area contributed by atoms with E-state index in [2.05, 4.69) is 21.2 Å². The van der Waals surface area contributed by atoms with E-state index < -0.39 is 4.92 Å². The summed E-state index contributed by atoms with van der Waals surface area (Å²) in [6, 6.07) is 13.6. The van der Waals surface area contributed by atoms with Crippen LogP contribution in [0.25, 0.3) is 0 Å². The first-order chi connectivity index (χ1) is 10.5. The van der Waals surface area contributed by atoms with Gasteiger partial charge in [-0.3, -0.25) is 14.9 Å². The Labute approximate surface area is 136 Å². The minimum absolute atomic E-state index is 0.00614. The van der Waals surface area contributed by atoms with Crippen LogP contribution in [0.1, 0.15) is 0 Å².